The summed E-state index contributed by atoms with van der Waals surface area (Å²) in [5.74, 6) is -1.16. The normalized spacial score (nSPS) is 14.6. The molecule has 5 N–H and O–H groups in total. The first-order chi connectivity index (χ1) is 5.93. The minimum atomic E-state index is -1.00. The Hall–Kier alpha value is -1.30. The van der Waals surface area contributed by atoms with Crippen LogP contribution in [-0.2, 0) is 9.53 Å². The van der Waals surface area contributed by atoms with E-state index >= 15 is 0 Å². The maximum Gasteiger partial charge on any atom is 0.332 e. The largest absolute Gasteiger partial charge is 0.479 e. The molecule has 0 aromatic carbocycles. The van der Waals surface area contributed by atoms with Crippen molar-refractivity contribution in [2.24, 2.45) is 5.73 Å². The molecule has 0 saturated carbocycles. The fourth-order valence-electron chi connectivity index (χ4n) is 0.667. The van der Waals surface area contributed by atoms with Gasteiger partial charge >= 0.3 is 5.97 Å². The van der Waals surface area contributed by atoms with Crippen LogP contribution in [0.2, 0.25) is 0 Å². The predicted molar refractivity (Wildman–Crippen MR) is 47.6 cm³/mol. The van der Waals surface area contributed by atoms with Gasteiger partial charge in [-0.05, 0) is 13.8 Å². The van der Waals surface area contributed by atoms with Gasteiger partial charge in [-0.25, -0.2) is 4.79 Å². The van der Waals surface area contributed by atoms with Crippen LogP contribution in [0, 0.1) is 5.41 Å². The lowest BCUT2D eigenvalue weighted by molar-refractivity contribution is -0.149. The lowest BCUT2D eigenvalue weighted by Crippen LogP contribution is -2.41. The summed E-state index contributed by atoms with van der Waals surface area (Å²) >= 11 is 0. The molecule has 0 aromatic heterocycles. The third-order valence-electron chi connectivity index (χ3n) is 1.35. The van der Waals surface area contributed by atoms with Gasteiger partial charge in [-0.2, -0.15) is 0 Å². The Bertz CT molecular complexity index is 195. The standard InChI is InChI=1S/C7H15N3O3/c1-4(10-7(8)9)3-13-5(2)6(11)12/h4-5H,3H2,1-2H3,(H,11,12)(H4,8,9,10). The van der Waals surface area contributed by atoms with E-state index in [9.17, 15) is 4.79 Å². The highest BCUT2D eigenvalue weighted by atomic mass is 16.5. The summed E-state index contributed by atoms with van der Waals surface area (Å²) in [5.41, 5.74) is 5.06. The molecule has 0 fully saturated rings. The van der Waals surface area contributed by atoms with Crippen LogP contribution in [0.15, 0.2) is 0 Å². The molecule has 2 atom stereocenters. The summed E-state index contributed by atoms with van der Waals surface area (Å²) in [7, 11) is 0. The monoisotopic (exact) mass is 189 g/mol. The van der Waals surface area contributed by atoms with Gasteiger partial charge in [-0.1, -0.05) is 0 Å². The quantitative estimate of drug-likeness (QED) is 0.339. The van der Waals surface area contributed by atoms with Crippen molar-refractivity contribution in [1.29, 1.82) is 5.41 Å². The van der Waals surface area contributed by atoms with E-state index in [0.29, 0.717) is 0 Å². The molecule has 2 unspecified atom stereocenters. The summed E-state index contributed by atoms with van der Waals surface area (Å²) in [4.78, 5) is 10.3. The number of nitrogens with two attached hydrogens (primary N) is 1. The molecular formula is C7H15N3O3. The van der Waals surface area contributed by atoms with Crippen molar-refractivity contribution in [3.8, 4) is 0 Å². The lowest BCUT2D eigenvalue weighted by Gasteiger charge is -2.15. The maximum atomic E-state index is 10.3. The van der Waals surface area contributed by atoms with Crippen molar-refractivity contribution in [2.75, 3.05) is 6.61 Å². The number of aliphatic carboxylic acids is 1. The summed E-state index contributed by atoms with van der Waals surface area (Å²) < 4.78 is 4.95. The van der Waals surface area contributed by atoms with Crippen LogP contribution >= 0.6 is 0 Å². The molecule has 6 nitrogen and oxygen atoms in total. The first kappa shape index (κ1) is 11.7. The predicted octanol–water partition coefficient (Wildman–Crippen LogP) is -0.652. The zero-order chi connectivity index (χ0) is 10.4. The average Bonchev–Trinajstić information content (AvgIpc) is 1.98. The molecule has 0 spiro atoms. The molecule has 0 aliphatic heterocycles. The second-order valence-electron chi connectivity index (χ2n) is 2.77. The summed E-state index contributed by atoms with van der Waals surface area (Å²) in [6.07, 6.45) is -0.837. The Balaban J connectivity index is 3.63. The number of nitrogens with one attached hydrogen (secondary N) is 2. The highest BCUT2D eigenvalue weighted by molar-refractivity contribution is 5.74. The molecule has 0 amide bonds. The highest BCUT2D eigenvalue weighted by Crippen LogP contribution is 1.92. The van der Waals surface area contributed by atoms with Gasteiger partial charge in [0.05, 0.1) is 6.61 Å². The molecule has 13 heavy (non-hydrogen) atoms. The Morgan fingerprint density at radius 2 is 2.23 bits per heavy atom. The fourth-order valence-corrected chi connectivity index (χ4v) is 0.667. The molecule has 0 aromatic rings. The number of hydrogen-bond donors (Lipinski definition) is 4. The van der Waals surface area contributed by atoms with E-state index in [1.807, 2.05) is 0 Å². The van der Waals surface area contributed by atoms with Crippen LogP contribution in [0.4, 0.5) is 0 Å². The smallest absolute Gasteiger partial charge is 0.332 e. The van der Waals surface area contributed by atoms with Crippen LogP contribution in [0.3, 0.4) is 0 Å². The van der Waals surface area contributed by atoms with Crippen molar-refractivity contribution < 1.29 is 14.6 Å². The molecule has 0 aliphatic rings. The first-order valence-corrected chi connectivity index (χ1v) is 3.88. The molecule has 6 heteroatoms. The summed E-state index contributed by atoms with van der Waals surface area (Å²) in [6.45, 7) is 3.39. The average molecular weight is 189 g/mol. The number of carbonyl (C=O) groups is 1. The lowest BCUT2D eigenvalue weighted by atomic mass is 10.3. The molecule has 0 heterocycles. The number of carboxylic acid groups (broad SMARTS) is 1. The number of carboxylic acids is 1. The van der Waals surface area contributed by atoms with Gasteiger partial charge in [0.25, 0.3) is 0 Å². The van der Waals surface area contributed by atoms with E-state index in [-0.39, 0.29) is 18.6 Å². The zero-order valence-corrected chi connectivity index (χ0v) is 7.70. The topological polar surface area (TPSA) is 108 Å². The minimum absolute atomic E-state index is 0.154. The van der Waals surface area contributed by atoms with Crippen molar-refractivity contribution in [3.63, 3.8) is 0 Å². The Kier molecular flexibility index (Phi) is 4.83. The van der Waals surface area contributed by atoms with Gasteiger partial charge in [-0.15, -0.1) is 0 Å². The summed E-state index contributed by atoms with van der Waals surface area (Å²) in [5, 5.41) is 17.9. The molecular weight excluding hydrogens is 174 g/mol. The van der Waals surface area contributed by atoms with Gasteiger partial charge in [0, 0.05) is 6.04 Å². The van der Waals surface area contributed by atoms with Crippen molar-refractivity contribution >= 4 is 11.9 Å². The van der Waals surface area contributed by atoms with Crippen molar-refractivity contribution in [1.82, 2.24) is 5.32 Å². The Labute approximate surface area is 76.6 Å². The van der Waals surface area contributed by atoms with Crippen LogP contribution in [-0.4, -0.2) is 35.8 Å². The number of ether oxygens (including phenoxy) is 1. The SMILES string of the molecule is CC(COC(C)C(=O)O)NC(=N)N. The fraction of sp³-hybridized carbons (Fsp3) is 0.714. The Morgan fingerprint density at radius 1 is 1.69 bits per heavy atom. The van der Waals surface area contributed by atoms with E-state index in [2.05, 4.69) is 5.32 Å². The second-order valence-corrected chi connectivity index (χ2v) is 2.77. The van der Waals surface area contributed by atoms with Gasteiger partial charge in [0.15, 0.2) is 12.1 Å². The van der Waals surface area contributed by atoms with Crippen LogP contribution in [0.1, 0.15) is 13.8 Å². The summed E-state index contributed by atoms with van der Waals surface area (Å²) in [6, 6.07) is -0.167. The Morgan fingerprint density at radius 3 is 2.62 bits per heavy atom. The van der Waals surface area contributed by atoms with Crippen LogP contribution in [0.25, 0.3) is 0 Å². The zero-order valence-electron chi connectivity index (χ0n) is 7.70. The molecule has 0 bridgehead atoms. The van der Waals surface area contributed by atoms with E-state index in [1.165, 1.54) is 6.92 Å². The second kappa shape index (κ2) is 5.36. The maximum absolute atomic E-state index is 10.3. The molecule has 0 aliphatic carbocycles. The van der Waals surface area contributed by atoms with Gasteiger partial charge in [0.1, 0.15) is 0 Å². The number of guanidine groups is 1. The molecule has 0 radical (unpaired) electrons. The van der Waals surface area contributed by atoms with Crippen LogP contribution in [0.5, 0.6) is 0 Å². The van der Waals surface area contributed by atoms with E-state index < -0.39 is 12.1 Å². The van der Waals surface area contributed by atoms with E-state index in [0.717, 1.165) is 0 Å². The highest BCUT2D eigenvalue weighted by Gasteiger charge is 2.12. The first-order valence-electron chi connectivity index (χ1n) is 3.88. The van der Waals surface area contributed by atoms with Gasteiger partial charge in [0.2, 0.25) is 0 Å². The third-order valence-corrected chi connectivity index (χ3v) is 1.35. The van der Waals surface area contributed by atoms with Crippen LogP contribution < -0.4 is 11.1 Å². The van der Waals surface area contributed by atoms with Crippen molar-refractivity contribution in [3.05, 3.63) is 0 Å². The molecule has 0 saturated heterocycles. The van der Waals surface area contributed by atoms with Gasteiger partial charge in [-0.3, -0.25) is 5.41 Å². The number of hydrogen-bond acceptors (Lipinski definition) is 3. The van der Waals surface area contributed by atoms with E-state index in [1.54, 1.807) is 6.92 Å². The van der Waals surface area contributed by atoms with Crippen molar-refractivity contribution in [2.45, 2.75) is 26.0 Å². The third kappa shape index (κ3) is 5.92. The minimum Gasteiger partial charge on any atom is -0.479 e. The molecule has 76 valence electrons. The van der Waals surface area contributed by atoms with Gasteiger partial charge < -0.3 is 20.9 Å². The molecule has 0 rings (SSSR count). The van der Waals surface area contributed by atoms with E-state index in [4.69, 9.17) is 21.0 Å². The number of rotatable bonds is 5.